The lowest BCUT2D eigenvalue weighted by atomic mass is 10.7. The summed E-state index contributed by atoms with van der Waals surface area (Å²) in [6.45, 7) is 0.221. The van der Waals surface area contributed by atoms with Gasteiger partial charge in [0.05, 0.1) is 12.4 Å². The number of aromatic nitrogens is 2. The van der Waals surface area contributed by atoms with Crippen LogP contribution < -0.4 is 4.74 Å². The van der Waals surface area contributed by atoms with Crippen molar-refractivity contribution in [2.24, 2.45) is 0 Å². The number of nitrogens with zero attached hydrogens (tertiary/aromatic N) is 2. The Hall–Kier alpha value is -1.56. The molecule has 3 heteroatoms. The van der Waals surface area contributed by atoms with E-state index in [1.54, 1.807) is 0 Å². The van der Waals surface area contributed by atoms with E-state index in [1.807, 2.05) is 0 Å². The molecule has 0 aromatic carbocycles. The molecule has 0 unspecified atom stereocenters. The molecule has 1 aromatic rings. The fraction of sp³-hybridized carbons (Fsp3) is 0.143. The lowest BCUT2D eigenvalue weighted by molar-refractivity contribution is 0.353. The number of terminal acetylenes is 1. The third-order valence-corrected chi connectivity index (χ3v) is 0.802. The van der Waals surface area contributed by atoms with E-state index in [0.717, 1.165) is 0 Å². The summed E-state index contributed by atoms with van der Waals surface area (Å²) in [5, 5.41) is 0. The molecule has 0 N–H and O–H groups in total. The molecule has 1 heterocycles. The second kappa shape index (κ2) is 3.46. The Bertz CT molecular complexity index is 227. The predicted molar refractivity (Wildman–Crippen MR) is 35.2 cm³/mol. The van der Waals surface area contributed by atoms with Gasteiger partial charge in [-0.3, -0.25) is 0 Å². The molecule has 0 saturated carbocycles. The lowest BCUT2D eigenvalue weighted by Crippen LogP contribution is -1.95. The first-order valence-corrected chi connectivity index (χ1v) is 2.68. The van der Waals surface area contributed by atoms with Crippen LogP contribution in [0.15, 0.2) is 12.4 Å². The highest BCUT2D eigenvalue weighted by Gasteiger charge is 1.88. The van der Waals surface area contributed by atoms with Gasteiger partial charge in [-0.2, -0.15) is 0 Å². The summed E-state index contributed by atoms with van der Waals surface area (Å²) in [6.07, 6.45) is 10.3. The fourth-order valence-electron chi connectivity index (χ4n) is 0.442. The minimum absolute atomic E-state index is 0.221. The molecule has 0 aliphatic heterocycles. The van der Waals surface area contributed by atoms with Gasteiger partial charge in [0.1, 0.15) is 6.20 Å². The molecule has 0 fully saturated rings. The summed E-state index contributed by atoms with van der Waals surface area (Å²) >= 11 is 0. The molecular weight excluding hydrogens is 128 g/mol. The third-order valence-electron chi connectivity index (χ3n) is 0.802. The van der Waals surface area contributed by atoms with Crippen LogP contribution in [-0.2, 0) is 0 Å². The molecule has 0 aliphatic rings. The third kappa shape index (κ3) is 1.75. The smallest absolute Gasteiger partial charge is 0.233 e. The van der Waals surface area contributed by atoms with Crippen LogP contribution in [-0.4, -0.2) is 16.6 Å². The van der Waals surface area contributed by atoms with Crippen LogP contribution in [0.1, 0.15) is 0 Å². The highest BCUT2D eigenvalue weighted by molar-refractivity contribution is 5.02. The van der Waals surface area contributed by atoms with Gasteiger partial charge in [0.15, 0.2) is 6.61 Å². The molecule has 0 saturated heterocycles. The van der Waals surface area contributed by atoms with Gasteiger partial charge in [0, 0.05) is 0 Å². The Balaban J connectivity index is 2.52. The molecule has 0 aliphatic carbocycles. The zero-order valence-corrected chi connectivity index (χ0v) is 5.24. The standard InChI is InChI=1S/C7H5N2O/c1-2-5-10-7-6-8-3-4-9-7/h1,4,6H,5H2. The maximum atomic E-state index is 4.95. The van der Waals surface area contributed by atoms with Crippen molar-refractivity contribution in [1.29, 1.82) is 0 Å². The molecule has 49 valence electrons. The van der Waals surface area contributed by atoms with Gasteiger partial charge in [-0.15, -0.1) is 6.42 Å². The van der Waals surface area contributed by atoms with Crippen LogP contribution in [0.2, 0.25) is 0 Å². The average molecular weight is 133 g/mol. The summed E-state index contributed by atoms with van der Waals surface area (Å²) in [6, 6.07) is 0. The average Bonchev–Trinajstić information content (AvgIpc) is 2.03. The van der Waals surface area contributed by atoms with Crippen molar-refractivity contribution in [1.82, 2.24) is 9.97 Å². The monoisotopic (exact) mass is 133 g/mol. The van der Waals surface area contributed by atoms with E-state index in [-0.39, 0.29) is 6.61 Å². The normalized spacial score (nSPS) is 8.30. The maximum absolute atomic E-state index is 4.95. The topological polar surface area (TPSA) is 35.0 Å². The molecule has 10 heavy (non-hydrogen) atoms. The first kappa shape index (κ1) is 6.56. The van der Waals surface area contributed by atoms with E-state index in [0.29, 0.717) is 5.88 Å². The number of ether oxygens (including phenoxy) is 1. The Morgan fingerprint density at radius 1 is 1.80 bits per heavy atom. The van der Waals surface area contributed by atoms with Crippen molar-refractivity contribution in [3.8, 4) is 18.2 Å². The summed E-state index contributed by atoms with van der Waals surface area (Å²) in [7, 11) is 0. The van der Waals surface area contributed by atoms with Crippen LogP contribution >= 0.6 is 0 Å². The number of hydrogen-bond donors (Lipinski definition) is 0. The summed E-state index contributed by atoms with van der Waals surface area (Å²) < 4.78 is 4.93. The van der Waals surface area contributed by atoms with Crippen LogP contribution in [0.25, 0.3) is 0 Å². The molecule has 1 aromatic heterocycles. The van der Waals surface area contributed by atoms with E-state index in [2.05, 4.69) is 22.1 Å². The second-order valence-electron chi connectivity index (χ2n) is 1.48. The number of hydrogen-bond acceptors (Lipinski definition) is 3. The maximum Gasteiger partial charge on any atom is 0.233 e. The first-order valence-electron chi connectivity index (χ1n) is 2.68. The fourth-order valence-corrected chi connectivity index (χ4v) is 0.442. The van der Waals surface area contributed by atoms with Gasteiger partial charge in [-0.1, -0.05) is 5.92 Å². The van der Waals surface area contributed by atoms with Gasteiger partial charge >= 0.3 is 0 Å². The minimum atomic E-state index is 0.221. The van der Waals surface area contributed by atoms with E-state index in [9.17, 15) is 0 Å². The van der Waals surface area contributed by atoms with Crippen molar-refractivity contribution in [2.45, 2.75) is 0 Å². The van der Waals surface area contributed by atoms with Gasteiger partial charge in [-0.25, -0.2) is 9.97 Å². The van der Waals surface area contributed by atoms with E-state index in [4.69, 9.17) is 11.2 Å². The van der Waals surface area contributed by atoms with Crippen LogP contribution in [0.3, 0.4) is 0 Å². The van der Waals surface area contributed by atoms with Crippen molar-refractivity contribution >= 4 is 0 Å². The predicted octanol–water partition coefficient (Wildman–Crippen LogP) is 0.289. The quantitative estimate of drug-likeness (QED) is 0.544. The highest BCUT2D eigenvalue weighted by Crippen LogP contribution is 1.98. The van der Waals surface area contributed by atoms with E-state index in [1.165, 1.54) is 12.4 Å². The van der Waals surface area contributed by atoms with Crippen LogP contribution in [0.4, 0.5) is 0 Å². The van der Waals surface area contributed by atoms with Crippen molar-refractivity contribution < 1.29 is 4.74 Å². The molecule has 0 atom stereocenters. The molecule has 1 radical (unpaired) electrons. The number of rotatable bonds is 2. The SMILES string of the molecule is C#CCOc1cn[c]cn1. The Morgan fingerprint density at radius 3 is 3.30 bits per heavy atom. The molecule has 3 nitrogen and oxygen atoms in total. The first-order chi connectivity index (χ1) is 4.93. The van der Waals surface area contributed by atoms with Crippen LogP contribution in [0.5, 0.6) is 5.88 Å². The minimum Gasteiger partial charge on any atom is -0.463 e. The van der Waals surface area contributed by atoms with Gasteiger partial charge in [0.2, 0.25) is 5.88 Å². The van der Waals surface area contributed by atoms with Gasteiger partial charge in [-0.05, 0) is 0 Å². The van der Waals surface area contributed by atoms with Crippen molar-refractivity contribution in [2.75, 3.05) is 6.61 Å². The van der Waals surface area contributed by atoms with Crippen LogP contribution in [0, 0.1) is 18.5 Å². The largest absolute Gasteiger partial charge is 0.463 e. The zero-order chi connectivity index (χ0) is 7.23. The lowest BCUT2D eigenvalue weighted by Gasteiger charge is -1.96. The van der Waals surface area contributed by atoms with Crippen molar-refractivity contribution in [3.63, 3.8) is 0 Å². The molecule has 0 amide bonds. The second-order valence-corrected chi connectivity index (χ2v) is 1.48. The summed E-state index contributed by atoms with van der Waals surface area (Å²) in [4.78, 5) is 7.44. The van der Waals surface area contributed by atoms with E-state index >= 15 is 0 Å². The van der Waals surface area contributed by atoms with Crippen molar-refractivity contribution in [3.05, 3.63) is 18.6 Å². The molecule has 1 rings (SSSR count). The van der Waals surface area contributed by atoms with E-state index < -0.39 is 0 Å². The van der Waals surface area contributed by atoms with Gasteiger partial charge in [0.25, 0.3) is 0 Å². The molecule has 0 bridgehead atoms. The zero-order valence-electron chi connectivity index (χ0n) is 5.24. The van der Waals surface area contributed by atoms with Gasteiger partial charge < -0.3 is 4.74 Å². The molecular formula is C7H5N2O. The Kier molecular flexibility index (Phi) is 2.27. The Labute approximate surface area is 59.1 Å². The highest BCUT2D eigenvalue weighted by atomic mass is 16.5. The molecule has 0 spiro atoms. The Morgan fingerprint density at radius 2 is 2.70 bits per heavy atom. The summed E-state index contributed by atoms with van der Waals surface area (Å²) in [5.41, 5.74) is 0. The summed E-state index contributed by atoms with van der Waals surface area (Å²) in [5.74, 6) is 2.74.